The predicted octanol–water partition coefficient (Wildman–Crippen LogP) is 4.38. The normalized spacial score (nSPS) is 21.4. The molecule has 1 N–H and O–H groups in total. The van der Waals surface area contributed by atoms with Crippen LogP contribution < -0.4 is 0 Å². The monoisotopic (exact) mass is 309 g/mol. The number of nitrogens with zero attached hydrogens (tertiary/aromatic N) is 1. The van der Waals surface area contributed by atoms with E-state index in [-0.39, 0.29) is 6.10 Å². The summed E-state index contributed by atoms with van der Waals surface area (Å²) in [6, 6.07) is 0. The molecule has 0 spiro atoms. The van der Waals surface area contributed by atoms with E-state index in [1.807, 2.05) is 6.92 Å². The molecule has 21 heavy (non-hydrogen) atoms. The van der Waals surface area contributed by atoms with Gasteiger partial charge in [-0.3, -0.25) is 0 Å². The first-order chi connectivity index (χ1) is 10.2. The lowest BCUT2D eigenvalue weighted by atomic mass is 9.85. The van der Waals surface area contributed by atoms with Crippen LogP contribution in [0.4, 0.5) is 0 Å². The van der Waals surface area contributed by atoms with Crippen LogP contribution in [0.5, 0.6) is 0 Å². The summed E-state index contributed by atoms with van der Waals surface area (Å²) < 4.78 is 5.97. The molecule has 116 valence electrons. The summed E-state index contributed by atoms with van der Waals surface area (Å²) in [5.74, 6) is 0.0350. The van der Waals surface area contributed by atoms with Crippen LogP contribution in [0, 0.1) is 5.92 Å². The zero-order valence-corrected chi connectivity index (χ0v) is 13.3. The number of carbonyl (C=O) groups is 1. The zero-order chi connectivity index (χ0) is 14.8. The third kappa shape index (κ3) is 3.29. The molecule has 4 nitrogen and oxygen atoms in total. The van der Waals surface area contributed by atoms with E-state index < -0.39 is 5.97 Å². The van der Waals surface area contributed by atoms with Crippen molar-refractivity contribution in [1.29, 1.82) is 0 Å². The molecule has 2 saturated carbocycles. The summed E-state index contributed by atoms with van der Waals surface area (Å²) in [7, 11) is 0. The number of ether oxygens (including phenoxy) is 1. The van der Waals surface area contributed by atoms with Crippen LogP contribution in [-0.2, 0) is 4.74 Å². The Bertz CT molecular complexity index is 504. The first kappa shape index (κ1) is 15.0. The van der Waals surface area contributed by atoms with Crippen molar-refractivity contribution in [2.45, 2.75) is 63.9 Å². The molecule has 1 atom stereocenters. The highest BCUT2D eigenvalue weighted by Gasteiger charge is 2.35. The van der Waals surface area contributed by atoms with E-state index in [0.717, 1.165) is 23.5 Å². The second-order valence-electron chi connectivity index (χ2n) is 6.12. The Morgan fingerprint density at radius 2 is 2.05 bits per heavy atom. The van der Waals surface area contributed by atoms with E-state index in [9.17, 15) is 9.90 Å². The SMILES string of the molecule is CCOC(c1nc(C2CC2)c(C(=O)O)s1)C1CCCCC1. The number of carboxylic acid groups (broad SMARTS) is 1. The molecule has 1 aromatic rings. The molecule has 0 radical (unpaired) electrons. The predicted molar refractivity (Wildman–Crippen MR) is 82.0 cm³/mol. The quantitative estimate of drug-likeness (QED) is 0.847. The fourth-order valence-electron chi connectivity index (χ4n) is 3.28. The van der Waals surface area contributed by atoms with Gasteiger partial charge in [0.2, 0.25) is 0 Å². The molecule has 2 aliphatic carbocycles. The summed E-state index contributed by atoms with van der Waals surface area (Å²) >= 11 is 1.34. The molecule has 0 aliphatic heterocycles. The second kappa shape index (κ2) is 6.44. The number of rotatable bonds is 6. The van der Waals surface area contributed by atoms with Crippen molar-refractivity contribution in [3.63, 3.8) is 0 Å². The Kier molecular flexibility index (Phi) is 4.60. The standard InChI is InChI=1S/C16H23NO3S/c1-2-20-13(11-6-4-3-5-7-11)15-17-12(10-8-9-10)14(21-15)16(18)19/h10-11,13H,2-9H2,1H3,(H,18,19). The van der Waals surface area contributed by atoms with Gasteiger partial charge in [-0.05, 0) is 38.5 Å². The minimum absolute atomic E-state index is 0.00843. The maximum atomic E-state index is 11.5. The molecule has 2 fully saturated rings. The molecule has 5 heteroatoms. The Labute approximate surface area is 129 Å². The lowest BCUT2D eigenvalue weighted by molar-refractivity contribution is 0.00543. The summed E-state index contributed by atoms with van der Waals surface area (Å²) in [6.07, 6.45) is 8.30. The lowest BCUT2D eigenvalue weighted by Crippen LogP contribution is -2.19. The fourth-order valence-corrected chi connectivity index (χ4v) is 4.42. The molecule has 0 bridgehead atoms. The number of hydrogen-bond acceptors (Lipinski definition) is 4. The van der Waals surface area contributed by atoms with Gasteiger partial charge in [0.25, 0.3) is 0 Å². The Morgan fingerprint density at radius 1 is 1.33 bits per heavy atom. The molecule has 2 aliphatic rings. The van der Waals surface area contributed by atoms with Crippen LogP contribution in [0.25, 0.3) is 0 Å². The summed E-state index contributed by atoms with van der Waals surface area (Å²) in [4.78, 5) is 16.6. The molecule has 1 aromatic heterocycles. The van der Waals surface area contributed by atoms with Crippen LogP contribution in [-0.4, -0.2) is 22.7 Å². The maximum Gasteiger partial charge on any atom is 0.347 e. The molecule has 0 saturated heterocycles. The van der Waals surface area contributed by atoms with Gasteiger partial charge in [-0.25, -0.2) is 9.78 Å². The van der Waals surface area contributed by atoms with Gasteiger partial charge in [-0.2, -0.15) is 0 Å². The van der Waals surface area contributed by atoms with Crippen molar-refractivity contribution in [2.24, 2.45) is 5.92 Å². The van der Waals surface area contributed by atoms with Crippen LogP contribution >= 0.6 is 11.3 Å². The van der Waals surface area contributed by atoms with E-state index >= 15 is 0 Å². The van der Waals surface area contributed by atoms with E-state index in [1.54, 1.807) is 0 Å². The van der Waals surface area contributed by atoms with Crippen LogP contribution in [0.3, 0.4) is 0 Å². The lowest BCUT2D eigenvalue weighted by Gasteiger charge is -2.28. The largest absolute Gasteiger partial charge is 0.477 e. The summed E-state index contributed by atoms with van der Waals surface area (Å²) in [5.41, 5.74) is 0.808. The topological polar surface area (TPSA) is 59.4 Å². The van der Waals surface area contributed by atoms with Gasteiger partial charge in [-0.1, -0.05) is 19.3 Å². The third-order valence-electron chi connectivity index (χ3n) is 4.50. The molecule has 0 amide bonds. The van der Waals surface area contributed by atoms with Gasteiger partial charge in [-0.15, -0.1) is 11.3 Å². The van der Waals surface area contributed by atoms with Gasteiger partial charge < -0.3 is 9.84 Å². The third-order valence-corrected chi connectivity index (χ3v) is 5.62. The minimum Gasteiger partial charge on any atom is -0.477 e. The average Bonchev–Trinajstić information content (AvgIpc) is 3.24. The van der Waals surface area contributed by atoms with Gasteiger partial charge in [0, 0.05) is 12.5 Å². The minimum atomic E-state index is -0.834. The van der Waals surface area contributed by atoms with Crippen molar-refractivity contribution in [1.82, 2.24) is 4.98 Å². The molecular formula is C16H23NO3S. The van der Waals surface area contributed by atoms with Crippen molar-refractivity contribution >= 4 is 17.3 Å². The highest BCUT2D eigenvalue weighted by atomic mass is 32.1. The Morgan fingerprint density at radius 3 is 2.62 bits per heavy atom. The van der Waals surface area contributed by atoms with Gasteiger partial charge >= 0.3 is 5.97 Å². The number of aromatic carboxylic acids is 1. The first-order valence-corrected chi connectivity index (χ1v) is 8.87. The van der Waals surface area contributed by atoms with Crippen molar-refractivity contribution in [2.75, 3.05) is 6.61 Å². The van der Waals surface area contributed by atoms with Gasteiger partial charge in [0.1, 0.15) is 16.0 Å². The molecule has 1 unspecified atom stereocenters. The number of aromatic nitrogens is 1. The average molecular weight is 309 g/mol. The Hall–Kier alpha value is -0.940. The van der Waals surface area contributed by atoms with Crippen molar-refractivity contribution in [3.05, 3.63) is 15.6 Å². The molecular weight excluding hydrogens is 286 g/mol. The molecule has 1 heterocycles. The van der Waals surface area contributed by atoms with Crippen molar-refractivity contribution in [3.8, 4) is 0 Å². The van der Waals surface area contributed by atoms with Crippen LogP contribution in [0.1, 0.15) is 84.3 Å². The van der Waals surface area contributed by atoms with E-state index in [4.69, 9.17) is 9.72 Å². The molecule has 3 rings (SSSR count). The number of hydrogen-bond donors (Lipinski definition) is 1. The van der Waals surface area contributed by atoms with E-state index in [2.05, 4.69) is 0 Å². The highest BCUT2D eigenvalue weighted by Crippen LogP contribution is 2.45. The van der Waals surface area contributed by atoms with Gasteiger partial charge in [0.05, 0.1) is 5.69 Å². The van der Waals surface area contributed by atoms with Crippen LogP contribution in [0.2, 0.25) is 0 Å². The Balaban J connectivity index is 1.87. The van der Waals surface area contributed by atoms with Crippen molar-refractivity contribution < 1.29 is 14.6 Å². The number of carboxylic acids is 1. The summed E-state index contributed by atoms with van der Waals surface area (Å²) in [5, 5.41) is 10.3. The molecule has 0 aromatic carbocycles. The number of thiazole rings is 1. The zero-order valence-electron chi connectivity index (χ0n) is 12.5. The maximum absolute atomic E-state index is 11.5. The van der Waals surface area contributed by atoms with Crippen LogP contribution in [0.15, 0.2) is 0 Å². The smallest absolute Gasteiger partial charge is 0.347 e. The fraction of sp³-hybridized carbons (Fsp3) is 0.750. The second-order valence-corrected chi connectivity index (χ2v) is 7.15. The first-order valence-electron chi connectivity index (χ1n) is 8.06. The van der Waals surface area contributed by atoms with E-state index in [1.165, 1.54) is 43.4 Å². The highest BCUT2D eigenvalue weighted by molar-refractivity contribution is 7.13. The van der Waals surface area contributed by atoms with E-state index in [0.29, 0.717) is 23.3 Å². The van der Waals surface area contributed by atoms with Gasteiger partial charge in [0.15, 0.2) is 0 Å². The summed E-state index contributed by atoms with van der Waals surface area (Å²) in [6.45, 7) is 2.66.